The molecule has 4 rings (SSSR count). The zero-order valence-electron chi connectivity index (χ0n) is 15.5. The van der Waals surface area contributed by atoms with E-state index < -0.39 is 0 Å². The quantitative estimate of drug-likeness (QED) is 0.544. The van der Waals surface area contributed by atoms with Gasteiger partial charge in [0.15, 0.2) is 0 Å². The highest BCUT2D eigenvalue weighted by molar-refractivity contribution is 7.15. The summed E-state index contributed by atoms with van der Waals surface area (Å²) in [6.45, 7) is 5.04. The number of tetrazole rings is 1. The van der Waals surface area contributed by atoms with Crippen molar-refractivity contribution >= 4 is 17.2 Å². The molecule has 0 fully saturated rings. The molecule has 0 atom stereocenters. The lowest BCUT2D eigenvalue weighted by molar-refractivity contribution is 0.0952. The monoisotopic (exact) mass is 393 g/mol. The number of benzene rings is 1. The standard InChI is InChI=1S/C19H19N7OS/c1-13-14(2)28-19(26-12-22-23-24-26)16(13)18(27)21-9-11-25-10-8-20-17(25)15-6-4-3-5-7-15/h3-8,10,12H,9,11H2,1-2H3,(H,21,27). The Morgan fingerprint density at radius 1 is 1.21 bits per heavy atom. The summed E-state index contributed by atoms with van der Waals surface area (Å²) in [5.41, 5.74) is 2.61. The van der Waals surface area contributed by atoms with Crippen molar-refractivity contribution < 1.29 is 4.79 Å². The van der Waals surface area contributed by atoms with Crippen molar-refractivity contribution in [2.24, 2.45) is 0 Å². The summed E-state index contributed by atoms with van der Waals surface area (Å²) < 4.78 is 3.56. The van der Waals surface area contributed by atoms with Crippen LogP contribution in [0, 0.1) is 13.8 Å². The fraction of sp³-hybridized carbons (Fsp3) is 0.211. The summed E-state index contributed by atoms with van der Waals surface area (Å²) in [5, 5.41) is 15.0. The molecule has 3 heterocycles. The molecule has 1 N–H and O–H groups in total. The summed E-state index contributed by atoms with van der Waals surface area (Å²) >= 11 is 1.50. The largest absolute Gasteiger partial charge is 0.350 e. The zero-order chi connectivity index (χ0) is 19.5. The Bertz CT molecular complexity index is 1080. The maximum absolute atomic E-state index is 12.9. The third-order valence-electron chi connectivity index (χ3n) is 4.54. The molecule has 0 saturated carbocycles. The van der Waals surface area contributed by atoms with Gasteiger partial charge in [-0.1, -0.05) is 30.3 Å². The Kier molecular flexibility index (Phi) is 4.98. The number of aromatic nitrogens is 6. The third kappa shape index (κ3) is 3.44. The SMILES string of the molecule is Cc1sc(-n2cnnn2)c(C(=O)NCCn2ccnc2-c2ccccc2)c1C. The number of thiophene rings is 1. The van der Waals surface area contributed by atoms with Crippen molar-refractivity contribution in [2.75, 3.05) is 6.54 Å². The molecular formula is C19H19N7OS. The minimum atomic E-state index is -0.131. The highest BCUT2D eigenvalue weighted by Crippen LogP contribution is 2.30. The van der Waals surface area contributed by atoms with Crippen molar-refractivity contribution in [1.82, 2.24) is 35.1 Å². The van der Waals surface area contributed by atoms with Crippen molar-refractivity contribution in [3.8, 4) is 16.4 Å². The lowest BCUT2D eigenvalue weighted by Crippen LogP contribution is -2.28. The number of hydrogen-bond donors (Lipinski definition) is 1. The number of nitrogens with zero attached hydrogens (tertiary/aromatic N) is 6. The van der Waals surface area contributed by atoms with Gasteiger partial charge in [0.05, 0.1) is 5.56 Å². The first-order valence-electron chi connectivity index (χ1n) is 8.83. The lowest BCUT2D eigenvalue weighted by Gasteiger charge is -2.10. The molecule has 0 spiro atoms. The molecule has 0 unspecified atom stereocenters. The van der Waals surface area contributed by atoms with Gasteiger partial charge < -0.3 is 9.88 Å². The second-order valence-corrected chi connectivity index (χ2v) is 7.49. The second-order valence-electron chi connectivity index (χ2n) is 6.28. The predicted octanol–water partition coefficient (Wildman–Crippen LogP) is 2.63. The van der Waals surface area contributed by atoms with E-state index in [0.29, 0.717) is 18.7 Å². The van der Waals surface area contributed by atoms with Crippen LogP contribution in [-0.4, -0.2) is 42.2 Å². The van der Waals surface area contributed by atoms with Crippen LogP contribution in [0.1, 0.15) is 20.8 Å². The molecular weight excluding hydrogens is 374 g/mol. The average Bonchev–Trinajstić information content (AvgIpc) is 3.44. The molecule has 0 aliphatic rings. The average molecular weight is 393 g/mol. The molecule has 142 valence electrons. The van der Waals surface area contributed by atoms with Gasteiger partial charge in [-0.25, -0.2) is 4.98 Å². The van der Waals surface area contributed by atoms with Gasteiger partial charge in [-0.3, -0.25) is 4.79 Å². The molecule has 3 aromatic heterocycles. The van der Waals surface area contributed by atoms with Crippen LogP contribution in [0.15, 0.2) is 49.1 Å². The topological polar surface area (TPSA) is 90.5 Å². The van der Waals surface area contributed by atoms with Crippen molar-refractivity contribution in [3.05, 3.63) is 65.1 Å². The molecule has 1 aromatic carbocycles. The Morgan fingerprint density at radius 2 is 2.04 bits per heavy atom. The van der Waals surface area contributed by atoms with E-state index >= 15 is 0 Å². The fourth-order valence-corrected chi connectivity index (χ4v) is 4.08. The molecule has 0 bridgehead atoms. The smallest absolute Gasteiger partial charge is 0.254 e. The molecule has 4 aromatic rings. The predicted molar refractivity (Wildman–Crippen MR) is 107 cm³/mol. The van der Waals surface area contributed by atoms with Crippen LogP contribution >= 0.6 is 11.3 Å². The maximum atomic E-state index is 12.9. The highest BCUT2D eigenvalue weighted by Gasteiger charge is 2.21. The number of aryl methyl sites for hydroxylation is 1. The number of imidazole rings is 1. The van der Waals surface area contributed by atoms with E-state index in [1.807, 2.05) is 54.9 Å². The number of amides is 1. The minimum absolute atomic E-state index is 0.131. The van der Waals surface area contributed by atoms with Crippen LogP contribution in [0.3, 0.4) is 0 Å². The molecule has 0 aliphatic heterocycles. The first-order chi connectivity index (χ1) is 13.6. The van der Waals surface area contributed by atoms with Crippen LogP contribution in [0.25, 0.3) is 16.4 Å². The molecule has 8 nitrogen and oxygen atoms in total. The lowest BCUT2D eigenvalue weighted by atomic mass is 10.1. The van der Waals surface area contributed by atoms with Crippen LogP contribution in [-0.2, 0) is 6.54 Å². The molecule has 0 radical (unpaired) electrons. The number of rotatable bonds is 6. The highest BCUT2D eigenvalue weighted by atomic mass is 32.1. The van der Waals surface area contributed by atoms with E-state index in [4.69, 9.17) is 0 Å². The van der Waals surface area contributed by atoms with Gasteiger partial charge in [-0.15, -0.1) is 16.4 Å². The fourth-order valence-electron chi connectivity index (χ4n) is 3.01. The van der Waals surface area contributed by atoms with Crippen molar-refractivity contribution in [1.29, 1.82) is 0 Å². The van der Waals surface area contributed by atoms with Gasteiger partial charge in [0.25, 0.3) is 5.91 Å². The van der Waals surface area contributed by atoms with Gasteiger partial charge in [-0.2, -0.15) is 4.68 Å². The molecule has 9 heteroatoms. The summed E-state index contributed by atoms with van der Waals surface area (Å²) in [6.07, 6.45) is 5.19. The summed E-state index contributed by atoms with van der Waals surface area (Å²) in [7, 11) is 0. The van der Waals surface area contributed by atoms with Crippen LogP contribution < -0.4 is 5.32 Å². The Morgan fingerprint density at radius 3 is 2.79 bits per heavy atom. The molecule has 0 saturated heterocycles. The number of carbonyl (C=O) groups is 1. The van der Waals surface area contributed by atoms with E-state index in [2.05, 4.69) is 25.8 Å². The Labute approximate surface area is 165 Å². The van der Waals surface area contributed by atoms with E-state index in [-0.39, 0.29) is 5.91 Å². The van der Waals surface area contributed by atoms with Crippen molar-refractivity contribution in [3.63, 3.8) is 0 Å². The van der Waals surface area contributed by atoms with E-state index in [0.717, 1.165) is 26.8 Å². The number of nitrogens with one attached hydrogen (secondary N) is 1. The summed E-state index contributed by atoms with van der Waals surface area (Å²) in [5.74, 6) is 0.750. The van der Waals surface area contributed by atoms with Crippen LogP contribution in [0.2, 0.25) is 0 Å². The van der Waals surface area contributed by atoms with Gasteiger partial charge in [0.2, 0.25) is 0 Å². The summed E-state index contributed by atoms with van der Waals surface area (Å²) in [6, 6.07) is 9.99. The van der Waals surface area contributed by atoms with Crippen molar-refractivity contribution in [2.45, 2.75) is 20.4 Å². The number of hydrogen-bond acceptors (Lipinski definition) is 6. The Balaban J connectivity index is 1.48. The number of carbonyl (C=O) groups excluding carboxylic acids is 1. The van der Waals surface area contributed by atoms with E-state index in [1.54, 1.807) is 6.20 Å². The van der Waals surface area contributed by atoms with Crippen LogP contribution in [0.4, 0.5) is 0 Å². The zero-order valence-corrected chi connectivity index (χ0v) is 16.3. The molecule has 28 heavy (non-hydrogen) atoms. The minimum Gasteiger partial charge on any atom is -0.350 e. The van der Waals surface area contributed by atoms with Gasteiger partial charge in [-0.05, 0) is 29.8 Å². The Hall–Kier alpha value is -3.33. The second kappa shape index (κ2) is 7.73. The first kappa shape index (κ1) is 18.1. The van der Waals surface area contributed by atoms with Gasteiger partial charge >= 0.3 is 0 Å². The first-order valence-corrected chi connectivity index (χ1v) is 9.65. The molecule has 1 amide bonds. The maximum Gasteiger partial charge on any atom is 0.254 e. The van der Waals surface area contributed by atoms with Gasteiger partial charge in [0.1, 0.15) is 17.2 Å². The van der Waals surface area contributed by atoms with E-state index in [9.17, 15) is 4.79 Å². The van der Waals surface area contributed by atoms with Crippen LogP contribution in [0.5, 0.6) is 0 Å². The van der Waals surface area contributed by atoms with Gasteiger partial charge in [0, 0.05) is 35.9 Å². The third-order valence-corrected chi connectivity index (χ3v) is 5.73. The normalized spacial score (nSPS) is 10.9. The van der Waals surface area contributed by atoms with E-state index in [1.165, 1.54) is 22.3 Å². The summed E-state index contributed by atoms with van der Waals surface area (Å²) in [4.78, 5) is 18.4. The molecule has 0 aliphatic carbocycles.